The lowest BCUT2D eigenvalue weighted by molar-refractivity contribution is 0.102. The number of carbonyl (C=O) groups excluding carboxylic acids is 2. The minimum Gasteiger partial charge on any atom is -0.394 e. The summed E-state index contributed by atoms with van der Waals surface area (Å²) in [7, 11) is 0. The topological polar surface area (TPSA) is 90.5 Å². The van der Waals surface area contributed by atoms with Crippen molar-refractivity contribution < 1.29 is 14.7 Å². The number of amides is 3. The zero-order valence-electron chi connectivity index (χ0n) is 15.8. The summed E-state index contributed by atoms with van der Waals surface area (Å²) >= 11 is 0. The van der Waals surface area contributed by atoms with Crippen LogP contribution in [0, 0.1) is 0 Å². The Hall–Kier alpha value is -3.64. The summed E-state index contributed by atoms with van der Waals surface area (Å²) in [6.45, 7) is -0.166. The third kappa shape index (κ3) is 6.19. The van der Waals surface area contributed by atoms with Crippen LogP contribution < -0.4 is 16.0 Å². The van der Waals surface area contributed by atoms with Crippen molar-refractivity contribution >= 4 is 23.3 Å². The van der Waals surface area contributed by atoms with Gasteiger partial charge in [0.15, 0.2) is 0 Å². The average molecular weight is 389 g/mol. The lowest BCUT2D eigenvalue weighted by atomic mass is 10.1. The fourth-order valence-corrected chi connectivity index (χ4v) is 2.84. The van der Waals surface area contributed by atoms with E-state index < -0.39 is 12.1 Å². The molecular formula is C23H23N3O3. The highest BCUT2D eigenvalue weighted by atomic mass is 16.3. The first-order valence-corrected chi connectivity index (χ1v) is 9.33. The molecule has 1 atom stereocenters. The second-order valence-electron chi connectivity index (χ2n) is 6.57. The molecule has 1 unspecified atom stereocenters. The maximum atomic E-state index is 12.3. The number of hydrogen-bond acceptors (Lipinski definition) is 3. The Bertz CT molecular complexity index is 929. The molecule has 6 nitrogen and oxygen atoms in total. The summed E-state index contributed by atoms with van der Waals surface area (Å²) in [5.41, 5.74) is 2.78. The predicted molar refractivity (Wildman–Crippen MR) is 114 cm³/mol. The van der Waals surface area contributed by atoms with Gasteiger partial charge < -0.3 is 21.1 Å². The Balaban J connectivity index is 1.53. The molecule has 29 heavy (non-hydrogen) atoms. The van der Waals surface area contributed by atoms with E-state index >= 15 is 0 Å². The monoisotopic (exact) mass is 389 g/mol. The molecule has 6 heteroatoms. The number of aliphatic hydroxyl groups excluding tert-OH is 1. The number of nitrogens with one attached hydrogen (secondary N) is 3. The van der Waals surface area contributed by atoms with Gasteiger partial charge in [0.2, 0.25) is 0 Å². The molecule has 0 aliphatic heterocycles. The Morgan fingerprint density at radius 1 is 0.759 bits per heavy atom. The molecule has 3 amide bonds. The largest absolute Gasteiger partial charge is 0.394 e. The maximum absolute atomic E-state index is 12.3. The van der Waals surface area contributed by atoms with Crippen molar-refractivity contribution in [3.63, 3.8) is 0 Å². The van der Waals surface area contributed by atoms with Gasteiger partial charge in [0, 0.05) is 16.9 Å². The Labute approximate surface area is 169 Å². The second-order valence-corrected chi connectivity index (χ2v) is 6.57. The summed E-state index contributed by atoms with van der Waals surface area (Å²) in [6.07, 6.45) is 0.531. The fourth-order valence-electron chi connectivity index (χ4n) is 2.84. The third-order valence-electron chi connectivity index (χ3n) is 4.32. The van der Waals surface area contributed by atoms with Crippen molar-refractivity contribution in [3.8, 4) is 0 Å². The summed E-state index contributed by atoms with van der Waals surface area (Å²) < 4.78 is 0. The van der Waals surface area contributed by atoms with Crippen LogP contribution in [-0.2, 0) is 6.42 Å². The zero-order valence-corrected chi connectivity index (χ0v) is 15.8. The van der Waals surface area contributed by atoms with Crippen molar-refractivity contribution in [2.45, 2.75) is 12.5 Å². The van der Waals surface area contributed by atoms with Crippen molar-refractivity contribution in [2.24, 2.45) is 0 Å². The van der Waals surface area contributed by atoms with E-state index in [1.165, 1.54) is 0 Å². The summed E-state index contributed by atoms with van der Waals surface area (Å²) in [6, 6.07) is 24.6. The number of rotatable bonds is 7. The quantitative estimate of drug-likeness (QED) is 0.497. The highest BCUT2D eigenvalue weighted by Gasteiger charge is 2.13. The molecule has 4 N–H and O–H groups in total. The number of hydrogen-bond donors (Lipinski definition) is 4. The van der Waals surface area contributed by atoms with Gasteiger partial charge in [-0.25, -0.2) is 4.79 Å². The standard InChI is InChI=1S/C23H23N3O3/c27-16-21(15-17-7-3-1-4-8-17)26-23(29)25-20-13-11-18(12-14-20)22(28)24-19-9-5-2-6-10-19/h1-14,21,27H,15-16H2,(H,24,28)(H2,25,26,29). The molecule has 3 aromatic rings. The minimum atomic E-state index is -0.415. The van der Waals surface area contributed by atoms with Crippen LogP contribution in [0.2, 0.25) is 0 Å². The first-order chi connectivity index (χ1) is 14.1. The Morgan fingerprint density at radius 2 is 1.34 bits per heavy atom. The molecule has 0 spiro atoms. The number of anilines is 2. The number of aliphatic hydroxyl groups is 1. The molecule has 0 saturated heterocycles. The van der Waals surface area contributed by atoms with Crippen LogP contribution in [-0.4, -0.2) is 29.7 Å². The summed E-state index contributed by atoms with van der Waals surface area (Å²) in [5, 5.41) is 17.8. The van der Waals surface area contributed by atoms with E-state index in [0.717, 1.165) is 5.56 Å². The van der Waals surface area contributed by atoms with Gasteiger partial charge in [-0.05, 0) is 48.4 Å². The van der Waals surface area contributed by atoms with Crippen molar-refractivity contribution in [3.05, 3.63) is 96.1 Å². The van der Waals surface area contributed by atoms with Crippen molar-refractivity contribution in [1.29, 1.82) is 0 Å². The van der Waals surface area contributed by atoms with Crippen LogP contribution in [0.25, 0.3) is 0 Å². The van der Waals surface area contributed by atoms with Crippen LogP contribution in [0.1, 0.15) is 15.9 Å². The highest BCUT2D eigenvalue weighted by Crippen LogP contribution is 2.13. The molecule has 0 bridgehead atoms. The molecule has 0 aliphatic rings. The number of benzene rings is 3. The molecule has 0 saturated carbocycles. The van der Waals surface area contributed by atoms with E-state index in [9.17, 15) is 14.7 Å². The van der Waals surface area contributed by atoms with Gasteiger partial charge in [0.1, 0.15) is 0 Å². The van der Waals surface area contributed by atoms with E-state index in [1.807, 2.05) is 60.7 Å². The summed E-state index contributed by atoms with van der Waals surface area (Å²) in [4.78, 5) is 24.5. The average Bonchev–Trinajstić information content (AvgIpc) is 2.75. The van der Waals surface area contributed by atoms with Crippen LogP contribution in [0.3, 0.4) is 0 Å². The Morgan fingerprint density at radius 3 is 1.97 bits per heavy atom. The molecule has 3 aromatic carbocycles. The van der Waals surface area contributed by atoms with E-state index in [-0.39, 0.29) is 12.5 Å². The molecule has 3 rings (SSSR count). The van der Waals surface area contributed by atoms with Gasteiger partial charge in [-0.15, -0.1) is 0 Å². The zero-order chi connectivity index (χ0) is 20.5. The van der Waals surface area contributed by atoms with E-state index in [2.05, 4.69) is 16.0 Å². The predicted octanol–water partition coefficient (Wildman–Crippen LogP) is 3.66. The normalized spacial score (nSPS) is 11.3. The van der Waals surface area contributed by atoms with Gasteiger partial charge in [0.25, 0.3) is 5.91 Å². The minimum absolute atomic E-state index is 0.166. The van der Waals surface area contributed by atoms with Crippen LogP contribution in [0.15, 0.2) is 84.9 Å². The van der Waals surface area contributed by atoms with E-state index in [0.29, 0.717) is 23.4 Å². The third-order valence-corrected chi connectivity index (χ3v) is 4.32. The molecule has 148 valence electrons. The van der Waals surface area contributed by atoms with Crippen molar-refractivity contribution in [2.75, 3.05) is 17.2 Å². The van der Waals surface area contributed by atoms with Crippen LogP contribution >= 0.6 is 0 Å². The van der Waals surface area contributed by atoms with Gasteiger partial charge in [-0.2, -0.15) is 0 Å². The lowest BCUT2D eigenvalue weighted by Gasteiger charge is -2.17. The number of urea groups is 1. The lowest BCUT2D eigenvalue weighted by Crippen LogP contribution is -2.41. The fraction of sp³-hybridized carbons (Fsp3) is 0.130. The first-order valence-electron chi connectivity index (χ1n) is 9.33. The van der Waals surface area contributed by atoms with E-state index in [1.54, 1.807) is 24.3 Å². The highest BCUT2D eigenvalue weighted by molar-refractivity contribution is 6.04. The molecule has 0 radical (unpaired) electrons. The van der Waals surface area contributed by atoms with Crippen LogP contribution in [0.4, 0.5) is 16.2 Å². The molecule has 0 aromatic heterocycles. The van der Waals surface area contributed by atoms with Gasteiger partial charge >= 0.3 is 6.03 Å². The van der Waals surface area contributed by atoms with Crippen molar-refractivity contribution in [1.82, 2.24) is 5.32 Å². The Kier molecular flexibility index (Phi) is 6.97. The molecular weight excluding hydrogens is 366 g/mol. The molecule has 0 heterocycles. The molecule has 0 aliphatic carbocycles. The molecule has 0 fully saturated rings. The first kappa shape index (κ1) is 20.1. The SMILES string of the molecule is O=C(Nc1ccc(C(=O)Nc2ccccc2)cc1)NC(CO)Cc1ccccc1. The number of para-hydroxylation sites is 1. The second kappa shape index (κ2) is 10.1. The smallest absolute Gasteiger partial charge is 0.319 e. The van der Waals surface area contributed by atoms with Gasteiger partial charge in [0.05, 0.1) is 12.6 Å². The van der Waals surface area contributed by atoms with Gasteiger partial charge in [-0.1, -0.05) is 48.5 Å². The maximum Gasteiger partial charge on any atom is 0.319 e. The van der Waals surface area contributed by atoms with Gasteiger partial charge in [-0.3, -0.25) is 4.79 Å². The van der Waals surface area contributed by atoms with E-state index in [4.69, 9.17) is 0 Å². The number of carbonyl (C=O) groups is 2. The summed E-state index contributed by atoms with van der Waals surface area (Å²) in [5.74, 6) is -0.226. The van der Waals surface area contributed by atoms with Crippen LogP contribution in [0.5, 0.6) is 0 Å².